The lowest BCUT2D eigenvalue weighted by Crippen LogP contribution is -2.37. The Morgan fingerprint density at radius 3 is 1.66 bits per heavy atom. The summed E-state index contributed by atoms with van der Waals surface area (Å²) in [5.74, 6) is -6.91. The molecule has 0 spiro atoms. The summed E-state index contributed by atoms with van der Waals surface area (Å²) in [6, 6.07) is 11.8. The number of imidazole rings is 1. The topological polar surface area (TPSA) is 171 Å². The van der Waals surface area contributed by atoms with Crippen molar-refractivity contribution < 1.29 is 59.7 Å². The Bertz CT molecular complexity index is 1290. The van der Waals surface area contributed by atoms with Gasteiger partial charge in [-0.2, -0.15) is 26.3 Å². The molecule has 1 heterocycles. The molecule has 0 bridgehead atoms. The van der Waals surface area contributed by atoms with Gasteiger partial charge < -0.3 is 20.9 Å². The molecule has 3 rings (SSSR count). The summed E-state index contributed by atoms with van der Waals surface area (Å²) >= 11 is 0. The van der Waals surface area contributed by atoms with Gasteiger partial charge in [0.05, 0.1) is 6.33 Å². The van der Waals surface area contributed by atoms with Crippen LogP contribution in [-0.2, 0) is 20.8 Å². The summed E-state index contributed by atoms with van der Waals surface area (Å²) in [6.45, 7) is 0.463. The molecular weight excluding hydrogens is 614 g/mol. The van der Waals surface area contributed by atoms with E-state index in [-0.39, 0.29) is 35.8 Å². The lowest BCUT2D eigenvalue weighted by Gasteiger charge is -2.18. The molecule has 18 heteroatoms. The molecule has 240 valence electrons. The number of rotatable bonds is 8. The first-order valence-corrected chi connectivity index (χ1v) is 12.1. The molecule has 0 aliphatic carbocycles. The second kappa shape index (κ2) is 17.2. The number of carbonyl (C=O) groups excluding carboxylic acids is 1. The number of carbonyl (C=O) groups is 3. The van der Waals surface area contributed by atoms with Crippen molar-refractivity contribution in [3.63, 3.8) is 0 Å². The number of aromatic nitrogens is 2. The molecule has 44 heavy (non-hydrogen) atoms. The zero-order chi connectivity index (χ0) is 33.5. The number of carboxylic acids is 2. The van der Waals surface area contributed by atoms with Gasteiger partial charge >= 0.3 is 24.3 Å². The van der Waals surface area contributed by atoms with Gasteiger partial charge in [0.1, 0.15) is 11.6 Å². The van der Waals surface area contributed by atoms with E-state index in [1.807, 2.05) is 0 Å². The fourth-order valence-electron chi connectivity index (χ4n) is 3.13. The Hall–Kier alpha value is -5.03. The second-order valence-electron chi connectivity index (χ2n) is 8.46. The van der Waals surface area contributed by atoms with Gasteiger partial charge in [-0.15, -0.1) is 0 Å². The number of aromatic amines is 1. The molecule has 0 atom stereocenters. The van der Waals surface area contributed by atoms with Crippen LogP contribution in [-0.4, -0.2) is 62.9 Å². The summed E-state index contributed by atoms with van der Waals surface area (Å²) in [5.41, 5.74) is 8.32. The highest BCUT2D eigenvalue weighted by atomic mass is 19.4. The summed E-state index contributed by atoms with van der Waals surface area (Å²) in [5, 5.41) is 16.8. The number of hydrogen-bond donors (Lipinski definition) is 5. The van der Waals surface area contributed by atoms with Crippen molar-refractivity contribution in [2.24, 2.45) is 10.7 Å². The van der Waals surface area contributed by atoms with E-state index in [2.05, 4.69) is 20.3 Å². The van der Waals surface area contributed by atoms with E-state index in [1.54, 1.807) is 36.8 Å². The zero-order valence-corrected chi connectivity index (χ0v) is 22.3. The van der Waals surface area contributed by atoms with E-state index in [9.17, 15) is 39.9 Å². The van der Waals surface area contributed by atoms with Crippen molar-refractivity contribution in [3.05, 3.63) is 89.5 Å². The average Bonchev–Trinajstić information content (AvgIpc) is 3.44. The summed E-state index contributed by atoms with van der Waals surface area (Å²) in [6.07, 6.45) is -5.21. The monoisotopic (exact) mass is 639 g/mol. The smallest absolute Gasteiger partial charge is 0.475 e. The van der Waals surface area contributed by atoms with Crippen LogP contribution in [0.15, 0.2) is 66.0 Å². The highest BCUT2D eigenvalue weighted by Crippen LogP contribution is 2.28. The van der Waals surface area contributed by atoms with Crippen molar-refractivity contribution in [2.45, 2.75) is 37.5 Å². The maximum Gasteiger partial charge on any atom is 0.490 e. The van der Waals surface area contributed by atoms with Gasteiger partial charge in [-0.05, 0) is 48.2 Å². The number of H-pyrrole nitrogens is 1. The van der Waals surface area contributed by atoms with Gasteiger partial charge in [-0.1, -0.05) is 24.3 Å². The Labute approximate surface area is 243 Å². The molecule has 0 saturated carbocycles. The number of nitrogens with zero attached hydrogens (tertiary/aromatic N) is 2. The Kier molecular flexibility index (Phi) is 14.4. The molecule has 3 aromatic rings. The van der Waals surface area contributed by atoms with E-state index in [0.717, 1.165) is 29.7 Å². The summed E-state index contributed by atoms with van der Waals surface area (Å²) < 4.78 is 90.1. The van der Waals surface area contributed by atoms with Crippen molar-refractivity contribution in [2.75, 3.05) is 6.54 Å². The number of benzene rings is 2. The molecule has 0 fully saturated rings. The van der Waals surface area contributed by atoms with Crippen LogP contribution in [0.25, 0.3) is 0 Å². The SMILES string of the molecule is NC(=NCCCc1cnc[nH]1)NC(=O)CC(c1ccc(F)cc1)c1ccc(F)cc1.O=C(O)C(F)(F)F.O=C(O)C(F)(F)F. The average molecular weight is 640 g/mol. The Morgan fingerprint density at radius 2 is 1.30 bits per heavy atom. The number of hydrogen-bond acceptors (Lipinski definition) is 5. The number of nitrogens with two attached hydrogens (primary N) is 1. The standard InChI is InChI=1S/C22H23F2N5O.2C2HF3O2/c23-17-7-3-15(4-8-17)20(16-5-9-18(24)10-6-16)12-21(30)29-22(25)27-11-1-2-19-13-26-14-28-19;2*3-2(4,5)1(6)7/h3-10,13-14,20H,1-2,11-12H2,(H,26,28)(H3,25,27,29,30);2*(H,6,7). The Balaban J connectivity index is 0.000000574. The number of aryl methyl sites for hydroxylation is 1. The van der Waals surface area contributed by atoms with Crippen LogP contribution >= 0.6 is 0 Å². The summed E-state index contributed by atoms with van der Waals surface area (Å²) in [7, 11) is 0. The van der Waals surface area contributed by atoms with Crippen molar-refractivity contribution >= 4 is 23.8 Å². The first-order valence-electron chi connectivity index (χ1n) is 12.1. The fraction of sp³-hybridized carbons (Fsp3) is 0.269. The highest BCUT2D eigenvalue weighted by molar-refractivity contribution is 5.96. The summed E-state index contributed by atoms with van der Waals surface area (Å²) in [4.78, 5) is 41.4. The molecule has 0 saturated heterocycles. The molecule has 0 aliphatic heterocycles. The molecular formula is C26H25F8N5O5. The van der Waals surface area contributed by atoms with Crippen LogP contribution in [0, 0.1) is 11.6 Å². The predicted octanol–water partition coefficient (Wildman–Crippen LogP) is 4.54. The molecule has 0 aliphatic rings. The van der Waals surface area contributed by atoms with Crippen molar-refractivity contribution in [1.82, 2.24) is 15.3 Å². The van der Waals surface area contributed by atoms with Gasteiger partial charge in [0.2, 0.25) is 5.91 Å². The molecule has 10 nitrogen and oxygen atoms in total. The maximum absolute atomic E-state index is 13.3. The van der Waals surface area contributed by atoms with Crippen LogP contribution in [0.4, 0.5) is 35.1 Å². The highest BCUT2D eigenvalue weighted by Gasteiger charge is 2.38. The first kappa shape index (κ1) is 37.0. The van der Waals surface area contributed by atoms with Gasteiger partial charge in [0, 0.05) is 30.8 Å². The molecule has 2 aromatic carbocycles. The number of aliphatic imine (C=N–C) groups is 1. The largest absolute Gasteiger partial charge is 0.490 e. The van der Waals surface area contributed by atoms with E-state index in [1.165, 1.54) is 24.3 Å². The minimum Gasteiger partial charge on any atom is -0.475 e. The maximum atomic E-state index is 13.3. The van der Waals surface area contributed by atoms with Crippen molar-refractivity contribution in [1.29, 1.82) is 0 Å². The third-order valence-corrected chi connectivity index (χ3v) is 5.13. The third-order valence-electron chi connectivity index (χ3n) is 5.13. The number of amides is 1. The number of guanidine groups is 1. The second-order valence-corrected chi connectivity index (χ2v) is 8.46. The van der Waals surface area contributed by atoms with Gasteiger partial charge in [-0.3, -0.25) is 15.1 Å². The van der Waals surface area contributed by atoms with E-state index in [0.29, 0.717) is 6.54 Å². The molecule has 1 amide bonds. The van der Waals surface area contributed by atoms with Crippen LogP contribution in [0.3, 0.4) is 0 Å². The minimum absolute atomic E-state index is 0.0431. The van der Waals surface area contributed by atoms with Crippen LogP contribution in [0.1, 0.15) is 35.6 Å². The number of alkyl halides is 6. The number of halogens is 8. The normalized spacial score (nSPS) is 11.5. The van der Waals surface area contributed by atoms with Crippen LogP contribution in [0.2, 0.25) is 0 Å². The number of aliphatic carboxylic acids is 2. The fourth-order valence-corrected chi connectivity index (χ4v) is 3.13. The van der Waals surface area contributed by atoms with Crippen LogP contribution in [0.5, 0.6) is 0 Å². The van der Waals surface area contributed by atoms with E-state index in [4.69, 9.17) is 25.5 Å². The quantitative estimate of drug-likeness (QED) is 0.104. The third kappa shape index (κ3) is 14.7. The molecule has 0 radical (unpaired) electrons. The Morgan fingerprint density at radius 1 is 0.864 bits per heavy atom. The first-order chi connectivity index (χ1) is 20.4. The zero-order valence-electron chi connectivity index (χ0n) is 22.3. The minimum atomic E-state index is -5.08. The van der Waals surface area contributed by atoms with Crippen molar-refractivity contribution in [3.8, 4) is 0 Å². The van der Waals surface area contributed by atoms with Gasteiger partial charge in [0.25, 0.3) is 0 Å². The van der Waals surface area contributed by atoms with E-state index >= 15 is 0 Å². The molecule has 6 N–H and O–H groups in total. The van der Waals surface area contributed by atoms with E-state index < -0.39 is 24.3 Å². The lowest BCUT2D eigenvalue weighted by atomic mass is 9.88. The van der Waals surface area contributed by atoms with Gasteiger partial charge in [0.15, 0.2) is 5.96 Å². The molecule has 0 unspecified atom stereocenters. The van der Waals surface area contributed by atoms with Gasteiger partial charge in [-0.25, -0.2) is 23.4 Å². The predicted molar refractivity (Wildman–Crippen MR) is 138 cm³/mol. The lowest BCUT2D eigenvalue weighted by molar-refractivity contribution is -0.193. The van der Waals surface area contributed by atoms with Crippen LogP contribution < -0.4 is 11.1 Å². The number of nitrogens with one attached hydrogen (secondary N) is 2. The molecule has 1 aromatic heterocycles. The number of carboxylic acid groups (broad SMARTS) is 2.